The summed E-state index contributed by atoms with van der Waals surface area (Å²) in [7, 11) is 0.675. The molecule has 1 aliphatic carbocycles. The van der Waals surface area contributed by atoms with Crippen LogP contribution in [0.3, 0.4) is 0 Å². The molecule has 0 unspecified atom stereocenters. The maximum atomic E-state index is 3.89. The average molecular weight is 407 g/mol. The number of rotatable bonds is 1. The minimum Gasteiger partial charge on any atom is -0.345 e. The molecule has 0 saturated heterocycles. The second kappa shape index (κ2) is 8.72. The van der Waals surface area contributed by atoms with Crippen molar-refractivity contribution >= 4 is 14.7 Å². The van der Waals surface area contributed by atoms with Crippen molar-refractivity contribution in [2.24, 2.45) is 0 Å². The normalized spacial score (nSPS) is 11.7. The molecule has 0 spiro atoms. The van der Waals surface area contributed by atoms with E-state index in [9.17, 15) is 0 Å². The SMILES string of the molecule is [C-]1=CC=CC1.[CH2-][Si]c1cccc(C)c1C.[Pt+2]. The maximum absolute atomic E-state index is 3.89. The molecule has 16 heavy (non-hydrogen) atoms. The molecule has 0 nitrogen and oxygen atoms in total. The van der Waals surface area contributed by atoms with Gasteiger partial charge in [0.25, 0.3) is 0 Å². The van der Waals surface area contributed by atoms with Crippen molar-refractivity contribution in [3.8, 4) is 0 Å². The molecule has 0 aromatic heterocycles. The van der Waals surface area contributed by atoms with Crippen molar-refractivity contribution < 1.29 is 21.1 Å². The van der Waals surface area contributed by atoms with Crippen molar-refractivity contribution in [3.63, 3.8) is 0 Å². The third kappa shape index (κ3) is 5.09. The first-order valence-electron chi connectivity index (χ1n) is 5.06. The van der Waals surface area contributed by atoms with Gasteiger partial charge in [-0.25, -0.2) is 12.2 Å². The molecule has 0 amide bonds. The van der Waals surface area contributed by atoms with Gasteiger partial charge < -0.3 is 6.55 Å². The summed E-state index contributed by atoms with van der Waals surface area (Å²) in [4.78, 5) is 0. The van der Waals surface area contributed by atoms with Crippen LogP contribution in [0.4, 0.5) is 0 Å². The van der Waals surface area contributed by atoms with Gasteiger partial charge in [-0.3, -0.25) is 6.08 Å². The quantitative estimate of drug-likeness (QED) is 0.496. The molecule has 86 valence electrons. The molecule has 0 saturated carbocycles. The first-order valence-corrected chi connectivity index (χ1v) is 6.27. The predicted molar refractivity (Wildman–Crippen MR) is 68.2 cm³/mol. The Morgan fingerprint density at radius 1 is 1.31 bits per heavy atom. The largest absolute Gasteiger partial charge is 2.00 e. The van der Waals surface area contributed by atoms with Crippen molar-refractivity contribution in [3.05, 3.63) is 60.2 Å². The second-order valence-corrected chi connectivity index (χ2v) is 4.32. The third-order valence-electron chi connectivity index (χ3n) is 2.38. The van der Waals surface area contributed by atoms with Crippen LogP contribution in [0.5, 0.6) is 0 Å². The van der Waals surface area contributed by atoms with Crippen LogP contribution in [-0.2, 0) is 21.1 Å². The van der Waals surface area contributed by atoms with Crippen LogP contribution in [0, 0.1) is 26.5 Å². The fourth-order valence-corrected chi connectivity index (χ4v) is 1.96. The minimum absolute atomic E-state index is 0. The van der Waals surface area contributed by atoms with Crippen LogP contribution in [-0.4, -0.2) is 9.52 Å². The first-order chi connectivity index (χ1) is 7.25. The molecular weight excluding hydrogens is 391 g/mol. The van der Waals surface area contributed by atoms with E-state index < -0.39 is 0 Å². The molecule has 1 aromatic rings. The predicted octanol–water partition coefficient (Wildman–Crippen LogP) is 2.73. The number of benzene rings is 1. The second-order valence-electron chi connectivity index (χ2n) is 3.43. The Morgan fingerprint density at radius 3 is 2.44 bits per heavy atom. The number of hydrogen-bond donors (Lipinski definition) is 0. The van der Waals surface area contributed by atoms with Crippen LogP contribution in [0.15, 0.2) is 36.4 Å². The molecular formula is C14H16PtSi. The van der Waals surface area contributed by atoms with Crippen LogP contribution in [0.2, 0.25) is 0 Å². The Kier molecular flexibility index (Phi) is 8.51. The summed E-state index contributed by atoms with van der Waals surface area (Å²) in [6, 6.07) is 6.38. The molecule has 0 bridgehead atoms. The summed E-state index contributed by atoms with van der Waals surface area (Å²) >= 11 is 0. The zero-order valence-electron chi connectivity index (χ0n) is 9.69. The van der Waals surface area contributed by atoms with Gasteiger partial charge in [-0.05, 0) is 19.4 Å². The van der Waals surface area contributed by atoms with Gasteiger partial charge in [0, 0.05) is 0 Å². The third-order valence-corrected chi connectivity index (χ3v) is 3.30. The Bertz CT molecular complexity index is 357. The van der Waals surface area contributed by atoms with Crippen LogP contribution >= 0.6 is 0 Å². The van der Waals surface area contributed by atoms with Gasteiger partial charge in [-0.15, -0.1) is 15.9 Å². The zero-order chi connectivity index (χ0) is 11.1. The van der Waals surface area contributed by atoms with E-state index in [0.717, 1.165) is 6.42 Å². The van der Waals surface area contributed by atoms with E-state index >= 15 is 0 Å². The summed E-state index contributed by atoms with van der Waals surface area (Å²) < 4.78 is 0. The van der Waals surface area contributed by atoms with Gasteiger partial charge in [0.05, 0.1) is 0 Å². The topological polar surface area (TPSA) is 0 Å². The Hall–Kier alpha value is -0.395. The fraction of sp³-hybridized carbons (Fsp3) is 0.214. The molecule has 0 aliphatic heterocycles. The van der Waals surface area contributed by atoms with Gasteiger partial charge in [-0.1, -0.05) is 28.9 Å². The Morgan fingerprint density at radius 2 is 2.06 bits per heavy atom. The van der Waals surface area contributed by atoms with E-state index in [1.54, 1.807) is 0 Å². The fourth-order valence-electron chi connectivity index (χ4n) is 1.28. The van der Waals surface area contributed by atoms with Gasteiger partial charge >= 0.3 is 21.1 Å². The van der Waals surface area contributed by atoms with Gasteiger partial charge in [-0.2, -0.15) is 6.08 Å². The molecule has 1 aliphatic rings. The maximum Gasteiger partial charge on any atom is 2.00 e. The van der Waals surface area contributed by atoms with Crippen molar-refractivity contribution in [2.75, 3.05) is 0 Å². The van der Waals surface area contributed by atoms with E-state index in [4.69, 9.17) is 0 Å². The molecule has 2 heteroatoms. The molecule has 0 N–H and O–H groups in total. The van der Waals surface area contributed by atoms with Crippen LogP contribution in [0.1, 0.15) is 17.5 Å². The summed E-state index contributed by atoms with van der Waals surface area (Å²) in [5.74, 6) is 0. The van der Waals surface area contributed by atoms with Crippen molar-refractivity contribution in [1.29, 1.82) is 0 Å². The van der Waals surface area contributed by atoms with Crippen LogP contribution < -0.4 is 5.19 Å². The number of aryl methyl sites for hydroxylation is 1. The van der Waals surface area contributed by atoms with Gasteiger partial charge in [0.15, 0.2) is 0 Å². The molecule has 0 fully saturated rings. The Balaban J connectivity index is 0.000000318. The van der Waals surface area contributed by atoms with Crippen LogP contribution in [0.25, 0.3) is 0 Å². The first kappa shape index (κ1) is 15.6. The summed E-state index contributed by atoms with van der Waals surface area (Å²) in [5, 5.41) is 1.39. The van der Waals surface area contributed by atoms with E-state index in [1.165, 1.54) is 16.3 Å². The van der Waals surface area contributed by atoms with Gasteiger partial charge in [0.1, 0.15) is 0 Å². The van der Waals surface area contributed by atoms with Gasteiger partial charge in [0.2, 0.25) is 0 Å². The molecule has 0 heterocycles. The van der Waals surface area contributed by atoms with E-state index in [2.05, 4.69) is 50.7 Å². The molecule has 1 aromatic carbocycles. The molecule has 2 rings (SSSR count). The van der Waals surface area contributed by atoms with Crippen molar-refractivity contribution in [1.82, 2.24) is 0 Å². The molecule has 2 radical (unpaired) electrons. The molecule has 0 atom stereocenters. The Labute approximate surface area is 116 Å². The monoisotopic (exact) mass is 407 g/mol. The van der Waals surface area contributed by atoms with E-state index in [-0.39, 0.29) is 21.1 Å². The summed E-state index contributed by atoms with van der Waals surface area (Å²) in [6.45, 7) is 8.18. The van der Waals surface area contributed by atoms with E-state index in [1.807, 2.05) is 12.2 Å². The standard InChI is InChI=1S/C9H11Si.C5H5.Pt/c1-7-5-4-6-9(10-3)8(7)2;1-2-4-5-3-1;/h4-6H,3H2,1-2H3;1-3H,4H2;/q2*-1;+2. The van der Waals surface area contributed by atoms with Crippen molar-refractivity contribution in [2.45, 2.75) is 20.3 Å². The zero-order valence-corrected chi connectivity index (χ0v) is 13.0. The smallest absolute Gasteiger partial charge is 0.345 e. The number of allylic oxidation sites excluding steroid dienone is 4. The van der Waals surface area contributed by atoms with E-state index in [0.29, 0.717) is 9.52 Å². The summed E-state index contributed by atoms with van der Waals surface area (Å²) in [5.41, 5.74) is 2.77. The number of hydrogen-bond acceptors (Lipinski definition) is 0. The minimum atomic E-state index is 0. The summed E-state index contributed by atoms with van der Waals surface area (Å²) in [6.07, 6.45) is 10.0. The average Bonchev–Trinajstić information content (AvgIpc) is 2.80.